The first-order valence-corrected chi connectivity index (χ1v) is 6.00. The maximum atomic E-state index is 5.58. The molecular weight excluding hydrogens is 216 g/mol. The number of rotatable bonds is 3. The van der Waals surface area contributed by atoms with E-state index in [0.717, 1.165) is 48.4 Å². The minimum absolute atomic E-state index is 0.319. The van der Waals surface area contributed by atoms with E-state index in [0.29, 0.717) is 6.10 Å². The van der Waals surface area contributed by atoms with Crippen LogP contribution in [0.4, 0.5) is 5.82 Å². The fraction of sp³-hybridized carbons (Fsp3) is 0.500. The highest BCUT2D eigenvalue weighted by molar-refractivity contribution is 5.91. The van der Waals surface area contributed by atoms with E-state index in [1.54, 1.807) is 6.20 Å². The number of nitrogens with one attached hydrogen (secondary N) is 2. The second kappa shape index (κ2) is 4.33. The second-order valence-electron chi connectivity index (χ2n) is 4.42. The molecule has 2 N–H and O–H groups in total. The van der Waals surface area contributed by atoms with Crippen molar-refractivity contribution in [3.63, 3.8) is 0 Å². The van der Waals surface area contributed by atoms with E-state index in [1.165, 1.54) is 0 Å². The van der Waals surface area contributed by atoms with Crippen molar-refractivity contribution in [2.24, 2.45) is 0 Å². The summed E-state index contributed by atoms with van der Waals surface area (Å²) < 4.78 is 5.58. The number of hydrogen-bond acceptors (Lipinski definition) is 4. The van der Waals surface area contributed by atoms with E-state index >= 15 is 0 Å². The Morgan fingerprint density at radius 2 is 2.53 bits per heavy atom. The normalized spacial score (nSPS) is 19.9. The fourth-order valence-corrected chi connectivity index (χ4v) is 2.26. The van der Waals surface area contributed by atoms with Gasteiger partial charge in [-0.15, -0.1) is 0 Å². The Bertz CT molecular complexity index is 516. The monoisotopic (exact) mass is 232 g/mol. The van der Waals surface area contributed by atoms with Crippen LogP contribution in [0.5, 0.6) is 0 Å². The van der Waals surface area contributed by atoms with Gasteiger partial charge in [0, 0.05) is 25.0 Å². The molecule has 1 aliphatic rings. The smallest absolute Gasteiger partial charge is 0.137 e. The zero-order valence-electron chi connectivity index (χ0n) is 9.86. The SMILES string of the molecule is Cc1[nH]nc2ccnc(NCC3CCCO3)c12. The minimum atomic E-state index is 0.319. The van der Waals surface area contributed by atoms with E-state index in [2.05, 4.69) is 20.5 Å². The Balaban J connectivity index is 1.81. The number of hydrogen-bond donors (Lipinski definition) is 2. The average molecular weight is 232 g/mol. The maximum Gasteiger partial charge on any atom is 0.137 e. The number of nitrogens with zero attached hydrogens (tertiary/aromatic N) is 2. The Kier molecular flexibility index (Phi) is 2.68. The van der Waals surface area contributed by atoms with E-state index in [4.69, 9.17) is 4.74 Å². The van der Waals surface area contributed by atoms with Crippen molar-refractivity contribution in [3.05, 3.63) is 18.0 Å². The van der Waals surface area contributed by atoms with Gasteiger partial charge in [0.2, 0.25) is 0 Å². The number of aromatic amines is 1. The van der Waals surface area contributed by atoms with Gasteiger partial charge in [-0.05, 0) is 25.8 Å². The van der Waals surface area contributed by atoms with Crippen LogP contribution in [-0.2, 0) is 4.74 Å². The molecule has 1 saturated heterocycles. The molecule has 0 amide bonds. The molecule has 0 spiro atoms. The molecule has 2 aromatic heterocycles. The highest BCUT2D eigenvalue weighted by Crippen LogP contribution is 2.22. The Hall–Kier alpha value is -1.62. The molecule has 1 fully saturated rings. The number of aromatic nitrogens is 3. The first-order valence-electron chi connectivity index (χ1n) is 6.00. The van der Waals surface area contributed by atoms with Gasteiger partial charge >= 0.3 is 0 Å². The molecule has 2 aromatic rings. The predicted molar refractivity (Wildman–Crippen MR) is 66.1 cm³/mol. The second-order valence-corrected chi connectivity index (χ2v) is 4.42. The third kappa shape index (κ3) is 1.98. The number of pyridine rings is 1. The lowest BCUT2D eigenvalue weighted by Gasteiger charge is -2.11. The molecule has 17 heavy (non-hydrogen) atoms. The standard InChI is InChI=1S/C12H16N4O/c1-8-11-10(16-15-8)4-5-13-12(11)14-7-9-3-2-6-17-9/h4-5,9H,2-3,6-7H2,1H3,(H,13,14)(H,15,16). The predicted octanol–water partition coefficient (Wildman–Crippen LogP) is 1.86. The Morgan fingerprint density at radius 1 is 1.59 bits per heavy atom. The zero-order chi connectivity index (χ0) is 11.7. The summed E-state index contributed by atoms with van der Waals surface area (Å²) in [5.41, 5.74) is 2.00. The molecule has 3 heterocycles. The van der Waals surface area contributed by atoms with Crippen LogP contribution in [0.3, 0.4) is 0 Å². The molecule has 0 aromatic carbocycles. The largest absolute Gasteiger partial charge is 0.376 e. The van der Waals surface area contributed by atoms with Crippen LogP contribution < -0.4 is 5.32 Å². The van der Waals surface area contributed by atoms with Gasteiger partial charge in [-0.25, -0.2) is 4.98 Å². The van der Waals surface area contributed by atoms with E-state index < -0.39 is 0 Å². The number of aryl methyl sites for hydroxylation is 1. The van der Waals surface area contributed by atoms with Crippen LogP contribution in [0, 0.1) is 6.92 Å². The van der Waals surface area contributed by atoms with Crippen LogP contribution in [0.25, 0.3) is 10.9 Å². The van der Waals surface area contributed by atoms with Crippen LogP contribution in [-0.4, -0.2) is 34.4 Å². The summed E-state index contributed by atoms with van der Waals surface area (Å²) in [5.74, 6) is 0.893. The van der Waals surface area contributed by atoms with Gasteiger partial charge in [0.25, 0.3) is 0 Å². The Labute approximate surface area is 99.6 Å². The van der Waals surface area contributed by atoms with Crippen molar-refractivity contribution in [2.75, 3.05) is 18.5 Å². The molecule has 3 rings (SSSR count). The van der Waals surface area contributed by atoms with Gasteiger partial charge < -0.3 is 10.1 Å². The molecule has 5 heteroatoms. The van der Waals surface area contributed by atoms with Crippen LogP contribution in [0.2, 0.25) is 0 Å². The summed E-state index contributed by atoms with van der Waals surface area (Å²) >= 11 is 0. The third-order valence-electron chi connectivity index (χ3n) is 3.17. The van der Waals surface area contributed by atoms with Crippen molar-refractivity contribution in [1.82, 2.24) is 15.2 Å². The van der Waals surface area contributed by atoms with Gasteiger partial charge in [0.05, 0.1) is 17.0 Å². The van der Waals surface area contributed by atoms with Crippen molar-refractivity contribution in [3.8, 4) is 0 Å². The average Bonchev–Trinajstić information content (AvgIpc) is 2.97. The van der Waals surface area contributed by atoms with Crippen LogP contribution in [0.1, 0.15) is 18.5 Å². The number of fused-ring (bicyclic) bond motifs is 1. The quantitative estimate of drug-likeness (QED) is 0.847. The summed E-state index contributed by atoms with van der Waals surface area (Å²) in [6, 6.07) is 1.91. The highest BCUT2D eigenvalue weighted by Gasteiger charge is 2.16. The summed E-state index contributed by atoms with van der Waals surface area (Å²) in [5, 5.41) is 11.6. The highest BCUT2D eigenvalue weighted by atomic mass is 16.5. The van der Waals surface area contributed by atoms with Crippen LogP contribution >= 0.6 is 0 Å². The third-order valence-corrected chi connectivity index (χ3v) is 3.17. The van der Waals surface area contributed by atoms with E-state index in [1.807, 2.05) is 13.0 Å². The van der Waals surface area contributed by atoms with Gasteiger partial charge in [0.15, 0.2) is 0 Å². The minimum Gasteiger partial charge on any atom is -0.376 e. The molecule has 1 unspecified atom stereocenters. The first kappa shape index (κ1) is 10.5. The lowest BCUT2D eigenvalue weighted by molar-refractivity contribution is 0.120. The van der Waals surface area contributed by atoms with E-state index in [9.17, 15) is 0 Å². The molecule has 5 nitrogen and oxygen atoms in total. The maximum absolute atomic E-state index is 5.58. The summed E-state index contributed by atoms with van der Waals surface area (Å²) in [6.45, 7) is 3.71. The van der Waals surface area contributed by atoms with Crippen LogP contribution in [0.15, 0.2) is 12.3 Å². The number of H-pyrrole nitrogens is 1. The molecule has 1 aliphatic heterocycles. The molecule has 1 atom stereocenters. The topological polar surface area (TPSA) is 62.8 Å². The molecule has 90 valence electrons. The lowest BCUT2D eigenvalue weighted by atomic mass is 10.2. The fourth-order valence-electron chi connectivity index (χ4n) is 2.26. The number of ether oxygens (including phenoxy) is 1. The molecule has 0 aliphatic carbocycles. The zero-order valence-corrected chi connectivity index (χ0v) is 9.86. The first-order chi connectivity index (χ1) is 8.34. The molecular formula is C12H16N4O. The van der Waals surface area contributed by atoms with Gasteiger partial charge in [0.1, 0.15) is 5.82 Å². The Morgan fingerprint density at radius 3 is 3.35 bits per heavy atom. The number of anilines is 1. The van der Waals surface area contributed by atoms with Crippen molar-refractivity contribution in [1.29, 1.82) is 0 Å². The molecule has 0 bridgehead atoms. The van der Waals surface area contributed by atoms with Crippen molar-refractivity contribution in [2.45, 2.75) is 25.9 Å². The summed E-state index contributed by atoms with van der Waals surface area (Å²) in [4.78, 5) is 4.37. The van der Waals surface area contributed by atoms with Gasteiger partial charge in [-0.2, -0.15) is 5.10 Å². The van der Waals surface area contributed by atoms with E-state index in [-0.39, 0.29) is 0 Å². The lowest BCUT2D eigenvalue weighted by Crippen LogP contribution is -2.19. The van der Waals surface area contributed by atoms with Crippen molar-refractivity contribution >= 4 is 16.7 Å². The van der Waals surface area contributed by atoms with Crippen molar-refractivity contribution < 1.29 is 4.74 Å². The van der Waals surface area contributed by atoms with Gasteiger partial charge in [-0.3, -0.25) is 5.10 Å². The summed E-state index contributed by atoms with van der Waals surface area (Å²) in [7, 11) is 0. The molecule has 0 saturated carbocycles. The summed E-state index contributed by atoms with van der Waals surface area (Å²) in [6.07, 6.45) is 4.39. The molecule has 0 radical (unpaired) electrons. The van der Waals surface area contributed by atoms with Gasteiger partial charge in [-0.1, -0.05) is 0 Å².